The Hall–Kier alpha value is -1.75. The maximum atomic E-state index is 11.8. The Bertz CT molecular complexity index is 854. The smallest absolute Gasteiger partial charge is 0.314 e. The summed E-state index contributed by atoms with van der Waals surface area (Å²) in [6.07, 6.45) is 1.27. The van der Waals surface area contributed by atoms with Gasteiger partial charge in [0.1, 0.15) is 22.7 Å². The molecular formula is C16H13BrO4. The molecule has 1 aliphatic carbocycles. The van der Waals surface area contributed by atoms with E-state index in [1.165, 1.54) is 0 Å². The Kier molecular flexibility index (Phi) is 2.41. The predicted octanol–water partition coefficient (Wildman–Crippen LogP) is 4.67. The quantitative estimate of drug-likeness (QED) is 0.730. The van der Waals surface area contributed by atoms with Gasteiger partial charge in [-0.15, -0.1) is 0 Å². The molecule has 4 rings (SSSR count). The van der Waals surface area contributed by atoms with Crippen LogP contribution in [-0.2, 0) is 10.2 Å². The Labute approximate surface area is 128 Å². The first kappa shape index (κ1) is 13.0. The first-order chi connectivity index (χ1) is 9.94. The lowest BCUT2D eigenvalue weighted by Gasteiger charge is -2.13. The summed E-state index contributed by atoms with van der Waals surface area (Å²) < 4.78 is 12.4. The van der Waals surface area contributed by atoms with Gasteiger partial charge in [-0.2, -0.15) is 0 Å². The van der Waals surface area contributed by atoms with Gasteiger partial charge in [0.2, 0.25) is 0 Å². The number of carboxylic acids is 1. The highest BCUT2D eigenvalue weighted by Crippen LogP contribution is 2.55. The Balaban J connectivity index is 2.24. The third kappa shape index (κ3) is 1.58. The molecular weight excluding hydrogens is 336 g/mol. The SMILES string of the molecule is Cc1cc2c(C3(C(=O)O)CC3)c3oc(C)cc3c(Br)c2o1. The molecule has 0 aliphatic heterocycles. The van der Waals surface area contributed by atoms with Crippen molar-refractivity contribution in [2.45, 2.75) is 32.1 Å². The number of rotatable bonds is 2. The summed E-state index contributed by atoms with van der Waals surface area (Å²) in [6.45, 7) is 3.73. The van der Waals surface area contributed by atoms with Crippen LogP contribution in [-0.4, -0.2) is 11.1 Å². The number of carbonyl (C=O) groups is 1. The van der Waals surface area contributed by atoms with E-state index in [9.17, 15) is 9.90 Å². The van der Waals surface area contributed by atoms with Gasteiger partial charge < -0.3 is 13.9 Å². The lowest BCUT2D eigenvalue weighted by molar-refractivity contribution is -0.139. The number of carboxylic acid groups (broad SMARTS) is 1. The zero-order valence-corrected chi connectivity index (χ0v) is 13.2. The van der Waals surface area contributed by atoms with Gasteiger partial charge in [0.25, 0.3) is 0 Å². The second-order valence-corrected chi connectivity index (χ2v) is 6.57. The van der Waals surface area contributed by atoms with Crippen LogP contribution in [0.1, 0.15) is 29.9 Å². The minimum Gasteiger partial charge on any atom is -0.481 e. The van der Waals surface area contributed by atoms with Crippen LogP contribution >= 0.6 is 15.9 Å². The maximum Gasteiger partial charge on any atom is 0.314 e. The van der Waals surface area contributed by atoms with Gasteiger partial charge in [-0.05, 0) is 54.8 Å². The van der Waals surface area contributed by atoms with Crippen molar-refractivity contribution in [3.05, 3.63) is 33.7 Å². The fourth-order valence-electron chi connectivity index (χ4n) is 3.14. The van der Waals surface area contributed by atoms with Crippen molar-refractivity contribution in [1.29, 1.82) is 0 Å². The number of hydrogen-bond donors (Lipinski definition) is 1. The van der Waals surface area contributed by atoms with Gasteiger partial charge in [-0.25, -0.2) is 0 Å². The molecule has 0 saturated heterocycles. The molecule has 1 aliphatic rings. The van der Waals surface area contributed by atoms with E-state index in [0.29, 0.717) is 24.0 Å². The largest absolute Gasteiger partial charge is 0.481 e. The van der Waals surface area contributed by atoms with E-state index < -0.39 is 11.4 Å². The minimum absolute atomic E-state index is 0.637. The molecule has 0 spiro atoms. The van der Waals surface area contributed by atoms with Crippen LogP contribution in [0.15, 0.2) is 25.4 Å². The molecule has 3 aromatic rings. The van der Waals surface area contributed by atoms with Crippen LogP contribution in [0.3, 0.4) is 0 Å². The molecule has 1 saturated carbocycles. The van der Waals surface area contributed by atoms with Crippen molar-refractivity contribution in [1.82, 2.24) is 0 Å². The van der Waals surface area contributed by atoms with E-state index in [2.05, 4.69) is 15.9 Å². The standard InChI is InChI=1S/C16H13BrO4/c1-7-5-9-11(16(3-4-16)15(18)19)13-10(6-8(2)20-13)12(17)14(9)21-7/h5-6H,3-4H2,1-2H3,(H,18,19). The molecule has 5 heteroatoms. The number of aliphatic carboxylic acids is 1. The summed E-state index contributed by atoms with van der Waals surface area (Å²) in [5.74, 6) is 0.732. The lowest BCUT2D eigenvalue weighted by Crippen LogP contribution is -2.20. The van der Waals surface area contributed by atoms with E-state index >= 15 is 0 Å². The highest BCUT2D eigenvalue weighted by atomic mass is 79.9. The van der Waals surface area contributed by atoms with Crippen LogP contribution < -0.4 is 0 Å². The third-order valence-corrected chi connectivity index (χ3v) is 5.07. The zero-order valence-electron chi connectivity index (χ0n) is 11.6. The fraction of sp³-hybridized carbons (Fsp3) is 0.312. The number of hydrogen-bond acceptors (Lipinski definition) is 3. The third-order valence-electron chi connectivity index (χ3n) is 4.28. The second kappa shape index (κ2) is 3.91. The number of furan rings is 2. The molecule has 1 N–H and O–H groups in total. The maximum absolute atomic E-state index is 11.8. The van der Waals surface area contributed by atoms with Crippen LogP contribution in [0.25, 0.3) is 21.9 Å². The average molecular weight is 349 g/mol. The van der Waals surface area contributed by atoms with E-state index in [0.717, 1.165) is 32.3 Å². The molecule has 1 aromatic carbocycles. The average Bonchev–Trinajstić information content (AvgIpc) is 2.98. The van der Waals surface area contributed by atoms with Gasteiger partial charge in [0.15, 0.2) is 0 Å². The van der Waals surface area contributed by atoms with Gasteiger partial charge in [0.05, 0.1) is 9.89 Å². The van der Waals surface area contributed by atoms with E-state index in [1.807, 2.05) is 26.0 Å². The van der Waals surface area contributed by atoms with E-state index in [-0.39, 0.29) is 0 Å². The molecule has 0 unspecified atom stereocenters. The molecule has 21 heavy (non-hydrogen) atoms. The minimum atomic E-state index is -0.836. The number of benzene rings is 1. The van der Waals surface area contributed by atoms with Crippen molar-refractivity contribution in [3.8, 4) is 0 Å². The summed E-state index contributed by atoms with van der Waals surface area (Å²) in [6, 6.07) is 3.81. The summed E-state index contributed by atoms with van der Waals surface area (Å²) in [5, 5.41) is 11.4. The Morgan fingerprint density at radius 2 is 1.71 bits per heavy atom. The summed E-state index contributed by atoms with van der Waals surface area (Å²) >= 11 is 3.57. The fourth-order valence-corrected chi connectivity index (χ4v) is 3.73. The number of fused-ring (bicyclic) bond motifs is 2. The Morgan fingerprint density at radius 3 is 2.29 bits per heavy atom. The zero-order chi connectivity index (χ0) is 14.9. The molecule has 0 atom stereocenters. The van der Waals surface area contributed by atoms with E-state index in [1.54, 1.807) is 0 Å². The number of halogens is 1. The predicted molar refractivity (Wildman–Crippen MR) is 81.7 cm³/mol. The van der Waals surface area contributed by atoms with Crippen LogP contribution in [0.5, 0.6) is 0 Å². The van der Waals surface area contributed by atoms with Gasteiger partial charge >= 0.3 is 5.97 Å². The summed E-state index contributed by atoms with van der Waals surface area (Å²) in [5.41, 5.74) is 1.28. The van der Waals surface area contributed by atoms with Gasteiger partial charge in [0, 0.05) is 16.3 Å². The van der Waals surface area contributed by atoms with Crippen molar-refractivity contribution < 1.29 is 18.7 Å². The summed E-state index contributed by atoms with van der Waals surface area (Å²) in [4.78, 5) is 11.8. The molecule has 0 amide bonds. The Morgan fingerprint density at radius 1 is 1.14 bits per heavy atom. The molecule has 108 valence electrons. The van der Waals surface area contributed by atoms with Gasteiger partial charge in [-0.1, -0.05) is 0 Å². The highest BCUT2D eigenvalue weighted by molar-refractivity contribution is 9.10. The van der Waals surface area contributed by atoms with Gasteiger partial charge in [-0.3, -0.25) is 4.79 Å². The van der Waals surface area contributed by atoms with Crippen molar-refractivity contribution in [2.75, 3.05) is 0 Å². The van der Waals surface area contributed by atoms with Crippen LogP contribution in [0, 0.1) is 13.8 Å². The highest BCUT2D eigenvalue weighted by Gasteiger charge is 2.54. The molecule has 2 aromatic heterocycles. The topological polar surface area (TPSA) is 63.6 Å². The monoisotopic (exact) mass is 348 g/mol. The molecule has 2 heterocycles. The van der Waals surface area contributed by atoms with Crippen molar-refractivity contribution >= 4 is 43.8 Å². The van der Waals surface area contributed by atoms with Crippen molar-refractivity contribution in [2.24, 2.45) is 0 Å². The molecule has 0 radical (unpaired) electrons. The second-order valence-electron chi connectivity index (χ2n) is 5.78. The summed E-state index contributed by atoms with van der Waals surface area (Å²) in [7, 11) is 0. The molecule has 1 fully saturated rings. The normalized spacial score (nSPS) is 16.7. The van der Waals surface area contributed by atoms with Crippen molar-refractivity contribution in [3.63, 3.8) is 0 Å². The van der Waals surface area contributed by atoms with Crippen LogP contribution in [0.4, 0.5) is 0 Å². The first-order valence-corrected chi connectivity index (χ1v) is 7.59. The van der Waals surface area contributed by atoms with E-state index in [4.69, 9.17) is 8.83 Å². The first-order valence-electron chi connectivity index (χ1n) is 6.80. The lowest BCUT2D eigenvalue weighted by atomic mass is 9.91. The number of aryl methyl sites for hydroxylation is 2. The van der Waals surface area contributed by atoms with Crippen LogP contribution in [0.2, 0.25) is 0 Å². The molecule has 4 nitrogen and oxygen atoms in total. The molecule has 0 bridgehead atoms.